The standard InChI is InChI=1S/C24H24FN3O3/c1-16(29)27-21-12-18(15-26-14-17-6-5-7-20(25)11-17)10-19(13-21)24(30)28-22-8-3-4-9-23(22)31-2/h3-13,26H,14-15H2,1-2H3,(H,27,29)(H,28,30). The number of carbonyl (C=O) groups excluding carboxylic acids is 2. The number of anilines is 2. The van der Waals surface area contributed by atoms with Gasteiger partial charge in [0.25, 0.3) is 5.91 Å². The topological polar surface area (TPSA) is 79.5 Å². The molecule has 7 heteroatoms. The fraction of sp³-hybridized carbons (Fsp3) is 0.167. The number of hydrogen-bond acceptors (Lipinski definition) is 4. The zero-order chi connectivity index (χ0) is 22.2. The van der Waals surface area contributed by atoms with Crippen molar-refractivity contribution in [2.45, 2.75) is 20.0 Å². The van der Waals surface area contributed by atoms with E-state index < -0.39 is 0 Å². The number of carbonyl (C=O) groups is 2. The zero-order valence-electron chi connectivity index (χ0n) is 17.4. The highest BCUT2D eigenvalue weighted by Gasteiger charge is 2.12. The minimum Gasteiger partial charge on any atom is -0.495 e. The average molecular weight is 421 g/mol. The maximum atomic E-state index is 13.3. The fourth-order valence-electron chi connectivity index (χ4n) is 3.14. The molecule has 3 N–H and O–H groups in total. The van der Waals surface area contributed by atoms with E-state index in [2.05, 4.69) is 16.0 Å². The molecule has 31 heavy (non-hydrogen) atoms. The Morgan fingerprint density at radius 2 is 1.68 bits per heavy atom. The van der Waals surface area contributed by atoms with Gasteiger partial charge in [-0.3, -0.25) is 9.59 Å². The van der Waals surface area contributed by atoms with Crippen molar-refractivity contribution in [2.24, 2.45) is 0 Å². The first kappa shape index (κ1) is 22.0. The van der Waals surface area contributed by atoms with E-state index in [9.17, 15) is 14.0 Å². The summed E-state index contributed by atoms with van der Waals surface area (Å²) in [7, 11) is 1.53. The molecule has 3 aromatic rings. The lowest BCUT2D eigenvalue weighted by molar-refractivity contribution is -0.114. The molecule has 0 heterocycles. The number of rotatable bonds is 8. The lowest BCUT2D eigenvalue weighted by Crippen LogP contribution is -2.17. The molecule has 2 amide bonds. The molecule has 0 aliphatic carbocycles. The van der Waals surface area contributed by atoms with Crippen molar-refractivity contribution in [3.63, 3.8) is 0 Å². The molecule has 0 atom stereocenters. The van der Waals surface area contributed by atoms with E-state index in [0.29, 0.717) is 35.8 Å². The van der Waals surface area contributed by atoms with Crippen LogP contribution in [0.2, 0.25) is 0 Å². The number of para-hydroxylation sites is 2. The molecule has 0 aliphatic heterocycles. The van der Waals surface area contributed by atoms with E-state index in [1.54, 1.807) is 42.5 Å². The zero-order valence-corrected chi connectivity index (χ0v) is 17.4. The largest absolute Gasteiger partial charge is 0.495 e. The molecule has 0 spiro atoms. The van der Waals surface area contributed by atoms with E-state index in [1.807, 2.05) is 12.1 Å². The monoisotopic (exact) mass is 421 g/mol. The molecule has 0 bridgehead atoms. The molecular weight excluding hydrogens is 397 g/mol. The Morgan fingerprint density at radius 1 is 0.903 bits per heavy atom. The van der Waals surface area contributed by atoms with Crippen LogP contribution in [0.4, 0.5) is 15.8 Å². The number of methoxy groups -OCH3 is 1. The molecule has 3 rings (SSSR count). The smallest absolute Gasteiger partial charge is 0.255 e. The van der Waals surface area contributed by atoms with Gasteiger partial charge in [0.2, 0.25) is 5.91 Å². The summed E-state index contributed by atoms with van der Waals surface area (Å²) in [5, 5.41) is 8.79. The summed E-state index contributed by atoms with van der Waals surface area (Å²) in [6.07, 6.45) is 0. The Labute approximate surface area is 180 Å². The van der Waals surface area contributed by atoms with Crippen LogP contribution in [-0.4, -0.2) is 18.9 Å². The van der Waals surface area contributed by atoms with Crippen molar-refractivity contribution in [3.05, 3.63) is 89.2 Å². The second-order valence-electron chi connectivity index (χ2n) is 6.99. The minimum absolute atomic E-state index is 0.235. The SMILES string of the molecule is COc1ccccc1NC(=O)c1cc(CNCc2cccc(F)c2)cc(NC(C)=O)c1. The first-order valence-corrected chi connectivity index (χ1v) is 9.75. The van der Waals surface area contributed by atoms with Crippen LogP contribution >= 0.6 is 0 Å². The molecule has 0 radical (unpaired) electrons. The molecule has 0 aliphatic rings. The number of hydrogen-bond donors (Lipinski definition) is 3. The second-order valence-corrected chi connectivity index (χ2v) is 6.99. The number of benzene rings is 3. The molecule has 0 saturated heterocycles. The van der Waals surface area contributed by atoms with Crippen LogP contribution in [0.3, 0.4) is 0 Å². The Balaban J connectivity index is 1.77. The van der Waals surface area contributed by atoms with E-state index in [4.69, 9.17) is 4.74 Å². The van der Waals surface area contributed by atoms with Gasteiger partial charge in [-0.1, -0.05) is 24.3 Å². The molecule has 0 aromatic heterocycles. The summed E-state index contributed by atoms with van der Waals surface area (Å²) in [5.74, 6) is -0.308. The van der Waals surface area contributed by atoms with Gasteiger partial charge in [0.15, 0.2) is 0 Å². The van der Waals surface area contributed by atoms with Gasteiger partial charge in [-0.05, 0) is 53.6 Å². The predicted octanol–water partition coefficient (Wildman–Crippen LogP) is 4.33. The normalized spacial score (nSPS) is 10.4. The summed E-state index contributed by atoms with van der Waals surface area (Å²) in [4.78, 5) is 24.4. The Hall–Kier alpha value is -3.71. The molecule has 160 valence electrons. The third-order valence-electron chi connectivity index (χ3n) is 4.48. The van der Waals surface area contributed by atoms with Crippen LogP contribution < -0.4 is 20.7 Å². The molecule has 0 fully saturated rings. The highest BCUT2D eigenvalue weighted by molar-refractivity contribution is 6.06. The number of nitrogens with one attached hydrogen (secondary N) is 3. The van der Waals surface area contributed by atoms with Crippen LogP contribution in [0, 0.1) is 5.82 Å². The Kier molecular flexibility index (Phi) is 7.35. The molecular formula is C24H24FN3O3. The number of ether oxygens (including phenoxy) is 1. The van der Waals surface area contributed by atoms with Crippen molar-refractivity contribution in [1.82, 2.24) is 5.32 Å². The summed E-state index contributed by atoms with van der Waals surface area (Å²) >= 11 is 0. The van der Waals surface area contributed by atoms with Gasteiger partial charge in [-0.15, -0.1) is 0 Å². The fourth-order valence-corrected chi connectivity index (χ4v) is 3.14. The first-order chi connectivity index (χ1) is 14.9. The number of halogens is 1. The maximum Gasteiger partial charge on any atom is 0.255 e. The highest BCUT2D eigenvalue weighted by atomic mass is 19.1. The van der Waals surface area contributed by atoms with Crippen LogP contribution in [0.1, 0.15) is 28.4 Å². The van der Waals surface area contributed by atoms with E-state index in [0.717, 1.165) is 11.1 Å². The second kappa shape index (κ2) is 10.4. The predicted molar refractivity (Wildman–Crippen MR) is 119 cm³/mol. The third-order valence-corrected chi connectivity index (χ3v) is 4.48. The average Bonchev–Trinajstić information content (AvgIpc) is 2.73. The van der Waals surface area contributed by atoms with Crippen LogP contribution in [0.5, 0.6) is 5.75 Å². The molecule has 6 nitrogen and oxygen atoms in total. The maximum absolute atomic E-state index is 13.3. The van der Waals surface area contributed by atoms with Gasteiger partial charge in [0.1, 0.15) is 11.6 Å². The van der Waals surface area contributed by atoms with Gasteiger partial charge in [0.05, 0.1) is 12.8 Å². The van der Waals surface area contributed by atoms with Crippen LogP contribution in [0.25, 0.3) is 0 Å². The lowest BCUT2D eigenvalue weighted by atomic mass is 10.1. The van der Waals surface area contributed by atoms with Crippen molar-refractivity contribution in [2.75, 3.05) is 17.7 Å². The van der Waals surface area contributed by atoms with Crippen molar-refractivity contribution in [3.8, 4) is 5.75 Å². The van der Waals surface area contributed by atoms with Crippen molar-refractivity contribution < 1.29 is 18.7 Å². The number of amides is 2. The van der Waals surface area contributed by atoms with E-state index in [-0.39, 0.29) is 17.6 Å². The molecule has 3 aromatic carbocycles. The summed E-state index contributed by atoms with van der Waals surface area (Å²) < 4.78 is 18.6. The quantitative estimate of drug-likeness (QED) is 0.506. The van der Waals surface area contributed by atoms with Crippen LogP contribution in [-0.2, 0) is 17.9 Å². The molecule has 0 saturated carbocycles. The van der Waals surface area contributed by atoms with Gasteiger partial charge < -0.3 is 20.7 Å². The summed E-state index contributed by atoms with van der Waals surface area (Å²) in [5.41, 5.74) is 3.06. The van der Waals surface area contributed by atoms with Gasteiger partial charge in [-0.25, -0.2) is 4.39 Å². The molecule has 0 unspecified atom stereocenters. The summed E-state index contributed by atoms with van der Waals surface area (Å²) in [6.45, 7) is 2.30. The Morgan fingerprint density at radius 3 is 2.42 bits per heavy atom. The van der Waals surface area contributed by atoms with Crippen molar-refractivity contribution >= 4 is 23.2 Å². The van der Waals surface area contributed by atoms with E-state index >= 15 is 0 Å². The first-order valence-electron chi connectivity index (χ1n) is 9.75. The highest BCUT2D eigenvalue weighted by Crippen LogP contribution is 2.24. The van der Waals surface area contributed by atoms with Crippen LogP contribution in [0.15, 0.2) is 66.7 Å². The minimum atomic E-state index is -0.330. The van der Waals surface area contributed by atoms with Gasteiger partial charge in [-0.2, -0.15) is 0 Å². The summed E-state index contributed by atoms with van der Waals surface area (Å²) in [6, 6.07) is 18.6. The van der Waals surface area contributed by atoms with E-state index in [1.165, 1.54) is 26.2 Å². The third kappa shape index (κ3) is 6.38. The Bertz CT molecular complexity index is 1090. The van der Waals surface area contributed by atoms with Crippen molar-refractivity contribution in [1.29, 1.82) is 0 Å². The lowest BCUT2D eigenvalue weighted by Gasteiger charge is -2.13. The van der Waals surface area contributed by atoms with Gasteiger partial charge >= 0.3 is 0 Å². The van der Waals surface area contributed by atoms with Gasteiger partial charge in [0, 0.05) is 31.3 Å².